The summed E-state index contributed by atoms with van der Waals surface area (Å²) in [5.74, 6) is -4.34. The van der Waals surface area contributed by atoms with Gasteiger partial charge in [-0.3, -0.25) is 9.69 Å². The molecule has 8 nitrogen and oxygen atoms in total. The normalized spacial score (nSPS) is 13.7. The van der Waals surface area contributed by atoms with Crippen molar-refractivity contribution in [2.45, 2.75) is 12.7 Å². The summed E-state index contributed by atoms with van der Waals surface area (Å²) in [6.07, 6.45) is -5.08. The minimum Gasteiger partial charge on any atom is -0.478 e. The Bertz CT molecular complexity index is 1310. The highest BCUT2D eigenvalue weighted by Gasteiger charge is 2.38. The van der Waals surface area contributed by atoms with Crippen LogP contribution in [0.4, 0.5) is 28.9 Å². The molecule has 3 aromatic rings. The molecule has 0 unspecified atom stereocenters. The Hall–Kier alpha value is -4.45. The fourth-order valence-corrected chi connectivity index (χ4v) is 3.89. The lowest BCUT2D eigenvalue weighted by Crippen LogP contribution is -2.46. The molecular formula is C27H25F4N3O5. The summed E-state index contributed by atoms with van der Waals surface area (Å²) in [6.45, 7) is 3.45. The molecule has 0 radical (unpaired) electrons. The van der Waals surface area contributed by atoms with Crippen LogP contribution in [0.25, 0.3) is 0 Å². The van der Waals surface area contributed by atoms with Gasteiger partial charge in [0.05, 0.1) is 11.3 Å². The molecule has 0 aliphatic carbocycles. The predicted molar refractivity (Wildman–Crippen MR) is 135 cm³/mol. The van der Waals surface area contributed by atoms with Crippen molar-refractivity contribution in [3.05, 3.63) is 95.3 Å². The number of aromatic carboxylic acids is 1. The Morgan fingerprint density at radius 1 is 0.846 bits per heavy atom. The van der Waals surface area contributed by atoms with Crippen molar-refractivity contribution >= 4 is 29.2 Å². The lowest BCUT2D eigenvalue weighted by atomic mass is 10.1. The number of alkyl halides is 3. The van der Waals surface area contributed by atoms with Gasteiger partial charge in [0.25, 0.3) is 5.91 Å². The van der Waals surface area contributed by atoms with Crippen molar-refractivity contribution in [3.8, 4) is 0 Å². The molecule has 1 fully saturated rings. The van der Waals surface area contributed by atoms with Gasteiger partial charge in [0, 0.05) is 44.0 Å². The summed E-state index contributed by atoms with van der Waals surface area (Å²) < 4.78 is 45.2. The van der Waals surface area contributed by atoms with Crippen molar-refractivity contribution in [2.24, 2.45) is 0 Å². The van der Waals surface area contributed by atoms with Crippen molar-refractivity contribution in [1.29, 1.82) is 0 Å². The Balaban J connectivity index is 0.000000532. The maximum atomic E-state index is 13.4. The molecule has 12 heteroatoms. The number of anilines is 2. The minimum absolute atomic E-state index is 0.148. The highest BCUT2D eigenvalue weighted by Crippen LogP contribution is 2.26. The van der Waals surface area contributed by atoms with Gasteiger partial charge in [-0.2, -0.15) is 13.2 Å². The number of piperazine rings is 1. The molecule has 1 aliphatic heterocycles. The first-order valence-electron chi connectivity index (χ1n) is 11.7. The monoisotopic (exact) mass is 547 g/mol. The number of nitrogens with zero attached hydrogens (tertiary/aromatic N) is 2. The molecule has 0 aromatic heterocycles. The van der Waals surface area contributed by atoms with Gasteiger partial charge >= 0.3 is 18.1 Å². The number of rotatable bonds is 6. The Kier molecular flexibility index (Phi) is 9.61. The first-order chi connectivity index (χ1) is 18.4. The van der Waals surface area contributed by atoms with Gasteiger partial charge in [-0.25, -0.2) is 14.0 Å². The van der Waals surface area contributed by atoms with E-state index >= 15 is 0 Å². The third kappa shape index (κ3) is 8.54. The molecule has 39 heavy (non-hydrogen) atoms. The van der Waals surface area contributed by atoms with Gasteiger partial charge in [-0.15, -0.1) is 0 Å². The van der Waals surface area contributed by atoms with Crippen LogP contribution in [0.2, 0.25) is 0 Å². The molecule has 1 saturated heterocycles. The van der Waals surface area contributed by atoms with Crippen LogP contribution < -0.4 is 10.2 Å². The molecule has 3 aromatic carbocycles. The number of carboxylic acid groups (broad SMARTS) is 2. The first-order valence-corrected chi connectivity index (χ1v) is 11.7. The molecule has 1 amide bonds. The molecule has 0 saturated carbocycles. The predicted octanol–water partition coefficient (Wildman–Crippen LogP) is 4.73. The van der Waals surface area contributed by atoms with Crippen LogP contribution in [0.1, 0.15) is 26.3 Å². The van der Waals surface area contributed by atoms with E-state index in [9.17, 15) is 32.3 Å². The lowest BCUT2D eigenvalue weighted by molar-refractivity contribution is -0.192. The van der Waals surface area contributed by atoms with Crippen molar-refractivity contribution < 1.29 is 42.2 Å². The van der Waals surface area contributed by atoms with Gasteiger partial charge in [-0.05, 0) is 48.0 Å². The summed E-state index contributed by atoms with van der Waals surface area (Å²) in [5, 5.41) is 19.6. The summed E-state index contributed by atoms with van der Waals surface area (Å²) in [6, 6.07) is 20.3. The van der Waals surface area contributed by atoms with Gasteiger partial charge in [0.15, 0.2) is 0 Å². The van der Waals surface area contributed by atoms with E-state index in [1.807, 2.05) is 17.0 Å². The van der Waals surface area contributed by atoms with Crippen LogP contribution in [0.3, 0.4) is 0 Å². The second-order valence-corrected chi connectivity index (χ2v) is 8.55. The molecule has 1 aliphatic rings. The summed E-state index contributed by atoms with van der Waals surface area (Å²) >= 11 is 0. The molecular weight excluding hydrogens is 522 g/mol. The van der Waals surface area contributed by atoms with E-state index in [1.165, 1.54) is 18.2 Å². The second kappa shape index (κ2) is 12.9. The number of amides is 1. The highest BCUT2D eigenvalue weighted by atomic mass is 19.4. The summed E-state index contributed by atoms with van der Waals surface area (Å²) in [7, 11) is 0. The number of nitrogens with one attached hydrogen (secondary N) is 1. The third-order valence-electron chi connectivity index (χ3n) is 5.77. The van der Waals surface area contributed by atoms with Crippen LogP contribution in [-0.4, -0.2) is 65.3 Å². The van der Waals surface area contributed by atoms with Crippen molar-refractivity contribution in [2.75, 3.05) is 36.4 Å². The van der Waals surface area contributed by atoms with Crippen LogP contribution in [0, 0.1) is 5.82 Å². The van der Waals surface area contributed by atoms with Gasteiger partial charge in [-0.1, -0.05) is 30.3 Å². The van der Waals surface area contributed by atoms with E-state index in [4.69, 9.17) is 9.90 Å². The number of hydrogen-bond donors (Lipinski definition) is 3. The molecule has 0 bridgehead atoms. The minimum atomic E-state index is -5.08. The van der Waals surface area contributed by atoms with E-state index in [2.05, 4.69) is 10.2 Å². The summed E-state index contributed by atoms with van der Waals surface area (Å²) in [5.41, 5.74) is 2.63. The Morgan fingerprint density at radius 3 is 2.05 bits per heavy atom. The van der Waals surface area contributed by atoms with Gasteiger partial charge in [0.1, 0.15) is 5.82 Å². The topological polar surface area (TPSA) is 110 Å². The van der Waals surface area contributed by atoms with Gasteiger partial charge < -0.3 is 20.4 Å². The van der Waals surface area contributed by atoms with Crippen LogP contribution in [0.5, 0.6) is 0 Å². The molecule has 1 heterocycles. The van der Waals surface area contributed by atoms with Crippen LogP contribution in [-0.2, 0) is 11.3 Å². The highest BCUT2D eigenvalue weighted by molar-refractivity contribution is 6.05. The van der Waals surface area contributed by atoms with Crippen molar-refractivity contribution in [3.63, 3.8) is 0 Å². The van der Waals surface area contributed by atoms with Crippen LogP contribution >= 0.6 is 0 Å². The molecule has 0 atom stereocenters. The van der Waals surface area contributed by atoms with Gasteiger partial charge in [0.2, 0.25) is 0 Å². The SMILES string of the molecule is O=C(Nc1ccc(N2CCN(Cc3cccc(F)c3)CC2)c(C(=O)O)c1)c1ccccc1.O=C(O)C(F)(F)F. The average molecular weight is 548 g/mol. The Labute approximate surface area is 221 Å². The zero-order valence-corrected chi connectivity index (χ0v) is 20.5. The van der Waals surface area contributed by atoms with E-state index in [0.717, 1.165) is 18.7 Å². The first kappa shape index (κ1) is 29.1. The average Bonchev–Trinajstić information content (AvgIpc) is 2.89. The number of benzene rings is 3. The number of hydrogen-bond acceptors (Lipinski definition) is 5. The lowest BCUT2D eigenvalue weighted by Gasteiger charge is -2.36. The summed E-state index contributed by atoms with van der Waals surface area (Å²) in [4.78, 5) is 37.5. The van der Waals surface area contributed by atoms with Crippen molar-refractivity contribution in [1.82, 2.24) is 4.90 Å². The number of carbonyl (C=O) groups excluding carboxylic acids is 1. The van der Waals surface area contributed by atoms with Crippen LogP contribution in [0.15, 0.2) is 72.8 Å². The molecule has 3 N–H and O–H groups in total. The number of halogens is 4. The zero-order valence-electron chi connectivity index (χ0n) is 20.5. The number of carboxylic acids is 2. The van der Waals surface area contributed by atoms with E-state index < -0.39 is 18.1 Å². The molecule has 4 rings (SSSR count). The standard InChI is InChI=1S/C25H24FN3O3.C2HF3O2/c26-20-8-4-5-18(15-20)17-28-11-13-29(14-12-28)23-10-9-21(16-22(23)25(31)32)27-24(30)19-6-2-1-3-7-19;3-2(4,5)1(6)7/h1-10,15-16H,11-14,17H2,(H,27,30)(H,31,32);(H,6,7). The fourth-order valence-electron chi connectivity index (χ4n) is 3.89. The number of aliphatic carboxylic acids is 1. The third-order valence-corrected chi connectivity index (χ3v) is 5.77. The van der Waals surface area contributed by atoms with E-state index in [-0.39, 0.29) is 17.3 Å². The van der Waals surface area contributed by atoms with E-state index in [0.29, 0.717) is 36.6 Å². The largest absolute Gasteiger partial charge is 0.490 e. The second-order valence-electron chi connectivity index (χ2n) is 8.55. The molecule has 206 valence electrons. The molecule has 0 spiro atoms. The smallest absolute Gasteiger partial charge is 0.478 e. The number of carbonyl (C=O) groups is 3. The van der Waals surface area contributed by atoms with E-state index in [1.54, 1.807) is 42.5 Å². The fraction of sp³-hybridized carbons (Fsp3) is 0.222. The maximum absolute atomic E-state index is 13.4. The quantitative estimate of drug-likeness (QED) is 0.383. The zero-order chi connectivity index (χ0) is 28.6. The Morgan fingerprint density at radius 2 is 1.49 bits per heavy atom. The maximum Gasteiger partial charge on any atom is 0.490 e.